The molecule has 1 saturated heterocycles. The molecule has 3 rings (SSSR count). The van der Waals surface area contributed by atoms with Crippen molar-refractivity contribution in [3.8, 4) is 0 Å². The molecule has 0 amide bonds. The summed E-state index contributed by atoms with van der Waals surface area (Å²) in [5.41, 5.74) is 2.21. The van der Waals surface area contributed by atoms with Gasteiger partial charge in [0, 0.05) is 0 Å². The highest BCUT2D eigenvalue weighted by Gasteiger charge is 2.45. The number of esters is 1. The van der Waals surface area contributed by atoms with E-state index in [1.807, 2.05) is 13.0 Å². The van der Waals surface area contributed by atoms with Crippen molar-refractivity contribution in [2.75, 3.05) is 19.7 Å². The molecule has 20 heavy (non-hydrogen) atoms. The topological polar surface area (TPSA) is 47.6 Å². The lowest BCUT2D eigenvalue weighted by Gasteiger charge is -2.34. The third-order valence-corrected chi connectivity index (χ3v) is 4.23. The number of benzene rings is 1. The first-order valence-electron chi connectivity index (χ1n) is 7.39. The molecule has 2 heterocycles. The number of carbonyl (C=O) groups is 1. The van der Waals surface area contributed by atoms with Crippen molar-refractivity contribution >= 4 is 5.97 Å². The van der Waals surface area contributed by atoms with Crippen molar-refractivity contribution < 1.29 is 14.3 Å². The van der Waals surface area contributed by atoms with Gasteiger partial charge in [-0.2, -0.15) is 0 Å². The summed E-state index contributed by atoms with van der Waals surface area (Å²) in [6.07, 6.45) is 2.07. The molecule has 108 valence electrons. The van der Waals surface area contributed by atoms with E-state index in [9.17, 15) is 4.79 Å². The zero-order chi connectivity index (χ0) is 14.0. The predicted molar refractivity (Wildman–Crippen MR) is 75.3 cm³/mol. The SMILES string of the molecule is CCOC(=O)CC1OC2(CCNCC2)c2ccccc21. The quantitative estimate of drug-likeness (QED) is 0.860. The van der Waals surface area contributed by atoms with Gasteiger partial charge in [0.15, 0.2) is 0 Å². The molecule has 4 heteroatoms. The van der Waals surface area contributed by atoms with Crippen molar-refractivity contribution in [2.24, 2.45) is 0 Å². The molecular weight excluding hydrogens is 254 g/mol. The van der Waals surface area contributed by atoms with Crippen LogP contribution in [0.5, 0.6) is 0 Å². The first-order chi connectivity index (χ1) is 9.75. The Morgan fingerprint density at radius 2 is 2.15 bits per heavy atom. The van der Waals surface area contributed by atoms with Crippen LogP contribution in [0.25, 0.3) is 0 Å². The molecule has 0 bridgehead atoms. The standard InChI is InChI=1S/C16H21NO3/c1-2-19-15(18)11-14-12-5-3-4-6-13(12)16(20-14)7-9-17-10-8-16/h3-6,14,17H,2,7-11H2,1H3. The molecular formula is C16H21NO3. The maximum atomic E-state index is 11.8. The Morgan fingerprint density at radius 1 is 1.40 bits per heavy atom. The number of nitrogens with one attached hydrogen (secondary N) is 1. The van der Waals surface area contributed by atoms with Gasteiger partial charge in [0.1, 0.15) is 0 Å². The lowest BCUT2D eigenvalue weighted by atomic mass is 9.84. The second-order valence-electron chi connectivity index (χ2n) is 5.45. The van der Waals surface area contributed by atoms with Gasteiger partial charge in [-0.3, -0.25) is 4.79 Å². The van der Waals surface area contributed by atoms with E-state index < -0.39 is 0 Å². The molecule has 1 spiro atoms. The number of ether oxygens (including phenoxy) is 2. The molecule has 1 N–H and O–H groups in total. The third kappa shape index (κ3) is 2.34. The Bertz CT molecular complexity index is 494. The molecule has 1 atom stereocenters. The van der Waals surface area contributed by atoms with Crippen LogP contribution in [-0.2, 0) is 19.9 Å². The van der Waals surface area contributed by atoms with Gasteiger partial charge in [-0.15, -0.1) is 0 Å². The summed E-state index contributed by atoms with van der Waals surface area (Å²) in [7, 11) is 0. The summed E-state index contributed by atoms with van der Waals surface area (Å²) < 4.78 is 11.4. The Labute approximate surface area is 119 Å². The molecule has 1 fully saturated rings. The van der Waals surface area contributed by atoms with Crippen LogP contribution < -0.4 is 5.32 Å². The number of hydrogen-bond acceptors (Lipinski definition) is 4. The molecule has 1 aromatic rings. The van der Waals surface area contributed by atoms with Crippen LogP contribution >= 0.6 is 0 Å². The zero-order valence-electron chi connectivity index (χ0n) is 11.9. The number of carbonyl (C=O) groups excluding carboxylic acids is 1. The average Bonchev–Trinajstić information content (AvgIpc) is 2.75. The van der Waals surface area contributed by atoms with E-state index in [-0.39, 0.29) is 17.7 Å². The fourth-order valence-electron chi connectivity index (χ4n) is 3.33. The van der Waals surface area contributed by atoms with E-state index in [1.165, 1.54) is 5.56 Å². The largest absolute Gasteiger partial charge is 0.466 e. The summed E-state index contributed by atoms with van der Waals surface area (Å²) in [4.78, 5) is 11.8. The van der Waals surface area contributed by atoms with Crippen molar-refractivity contribution in [1.82, 2.24) is 5.32 Å². The van der Waals surface area contributed by atoms with E-state index in [1.54, 1.807) is 0 Å². The second kappa shape index (κ2) is 5.54. The molecule has 0 aliphatic carbocycles. The predicted octanol–water partition coefficient (Wildman–Crippen LogP) is 2.29. The van der Waals surface area contributed by atoms with Crippen LogP contribution in [0.2, 0.25) is 0 Å². The number of fused-ring (bicyclic) bond motifs is 2. The normalized spacial score (nSPS) is 23.6. The smallest absolute Gasteiger partial charge is 0.308 e. The van der Waals surface area contributed by atoms with Gasteiger partial charge in [0.05, 0.1) is 24.7 Å². The maximum absolute atomic E-state index is 11.8. The summed E-state index contributed by atoms with van der Waals surface area (Å²) in [6, 6.07) is 8.29. The van der Waals surface area contributed by atoms with E-state index in [0.29, 0.717) is 13.0 Å². The van der Waals surface area contributed by atoms with Gasteiger partial charge in [-0.05, 0) is 44.0 Å². The van der Waals surface area contributed by atoms with Gasteiger partial charge in [0.25, 0.3) is 0 Å². The Kier molecular flexibility index (Phi) is 3.76. The fraction of sp³-hybridized carbons (Fsp3) is 0.562. The fourth-order valence-corrected chi connectivity index (χ4v) is 3.33. The minimum atomic E-state index is -0.209. The highest BCUT2D eigenvalue weighted by molar-refractivity contribution is 5.70. The number of hydrogen-bond donors (Lipinski definition) is 1. The highest BCUT2D eigenvalue weighted by atomic mass is 16.5. The molecule has 0 aromatic heterocycles. The molecule has 2 aliphatic rings. The lowest BCUT2D eigenvalue weighted by Crippen LogP contribution is -2.39. The van der Waals surface area contributed by atoms with Crippen molar-refractivity contribution in [3.63, 3.8) is 0 Å². The molecule has 0 saturated carbocycles. The Balaban J connectivity index is 1.86. The summed E-state index contributed by atoms with van der Waals surface area (Å²) in [5.74, 6) is -0.182. The van der Waals surface area contributed by atoms with Crippen LogP contribution in [0, 0.1) is 0 Å². The van der Waals surface area contributed by atoms with Gasteiger partial charge in [-0.1, -0.05) is 24.3 Å². The third-order valence-electron chi connectivity index (χ3n) is 4.23. The van der Waals surface area contributed by atoms with Crippen molar-refractivity contribution in [2.45, 2.75) is 37.9 Å². The van der Waals surface area contributed by atoms with Crippen molar-refractivity contribution in [1.29, 1.82) is 0 Å². The zero-order valence-corrected chi connectivity index (χ0v) is 11.9. The number of piperidine rings is 1. The monoisotopic (exact) mass is 275 g/mol. The van der Waals surface area contributed by atoms with Crippen LogP contribution in [0.4, 0.5) is 0 Å². The minimum absolute atomic E-state index is 0.164. The van der Waals surface area contributed by atoms with E-state index in [2.05, 4.69) is 23.5 Å². The van der Waals surface area contributed by atoms with Crippen LogP contribution in [0.1, 0.15) is 43.4 Å². The summed E-state index contributed by atoms with van der Waals surface area (Å²) in [5, 5.41) is 3.37. The van der Waals surface area contributed by atoms with Crippen LogP contribution in [0.15, 0.2) is 24.3 Å². The lowest BCUT2D eigenvalue weighted by molar-refractivity contribution is -0.151. The van der Waals surface area contributed by atoms with E-state index >= 15 is 0 Å². The Hall–Kier alpha value is -1.39. The van der Waals surface area contributed by atoms with Gasteiger partial charge in [-0.25, -0.2) is 0 Å². The number of rotatable bonds is 3. The first kappa shape index (κ1) is 13.6. The van der Waals surface area contributed by atoms with Crippen molar-refractivity contribution in [3.05, 3.63) is 35.4 Å². The highest BCUT2D eigenvalue weighted by Crippen LogP contribution is 2.49. The molecule has 1 aromatic carbocycles. The average molecular weight is 275 g/mol. The summed E-state index contributed by atoms with van der Waals surface area (Å²) in [6.45, 7) is 4.17. The maximum Gasteiger partial charge on any atom is 0.308 e. The van der Waals surface area contributed by atoms with E-state index in [4.69, 9.17) is 9.47 Å². The molecule has 4 nitrogen and oxygen atoms in total. The van der Waals surface area contributed by atoms with E-state index in [0.717, 1.165) is 31.5 Å². The minimum Gasteiger partial charge on any atom is -0.466 e. The van der Waals surface area contributed by atoms with Crippen LogP contribution in [0.3, 0.4) is 0 Å². The van der Waals surface area contributed by atoms with Gasteiger partial charge >= 0.3 is 5.97 Å². The van der Waals surface area contributed by atoms with Gasteiger partial charge in [0.2, 0.25) is 0 Å². The molecule has 2 aliphatic heterocycles. The second-order valence-corrected chi connectivity index (χ2v) is 5.45. The molecule has 1 unspecified atom stereocenters. The summed E-state index contributed by atoms with van der Waals surface area (Å²) >= 11 is 0. The van der Waals surface area contributed by atoms with Gasteiger partial charge < -0.3 is 14.8 Å². The Morgan fingerprint density at radius 3 is 2.90 bits per heavy atom. The molecule has 0 radical (unpaired) electrons. The van der Waals surface area contributed by atoms with Crippen LogP contribution in [-0.4, -0.2) is 25.7 Å². The first-order valence-corrected chi connectivity index (χ1v) is 7.39.